The first kappa shape index (κ1) is 16.2. The van der Waals surface area contributed by atoms with Crippen molar-refractivity contribution in [2.45, 2.75) is 17.7 Å². The SMILES string of the molecule is O=C(O)c1cc(S(=O)(=O)NCCN2CCCC2)ccc1Cl. The predicted molar refractivity (Wildman–Crippen MR) is 79.3 cm³/mol. The van der Waals surface area contributed by atoms with E-state index in [1.165, 1.54) is 12.1 Å². The number of aromatic carboxylic acids is 1. The smallest absolute Gasteiger partial charge is 0.337 e. The van der Waals surface area contributed by atoms with Crippen molar-refractivity contribution in [1.29, 1.82) is 0 Å². The molecule has 0 unspecified atom stereocenters. The fourth-order valence-electron chi connectivity index (χ4n) is 2.26. The maximum atomic E-state index is 12.1. The third-order valence-corrected chi connectivity index (χ3v) is 5.19. The van der Waals surface area contributed by atoms with E-state index in [0.29, 0.717) is 13.1 Å². The van der Waals surface area contributed by atoms with E-state index in [2.05, 4.69) is 9.62 Å². The van der Waals surface area contributed by atoms with E-state index in [1.54, 1.807) is 0 Å². The second-order valence-corrected chi connectivity index (χ2v) is 7.07. The standard InChI is InChI=1S/C13H17ClN2O4S/c14-12-4-3-10(9-11(12)13(17)18)21(19,20)15-5-8-16-6-1-2-7-16/h3-4,9,15H,1-2,5-8H2,(H,17,18). The molecule has 1 aromatic rings. The Bertz CT molecular complexity index is 627. The van der Waals surface area contributed by atoms with Gasteiger partial charge in [0.05, 0.1) is 15.5 Å². The van der Waals surface area contributed by atoms with Gasteiger partial charge >= 0.3 is 5.97 Å². The highest BCUT2D eigenvalue weighted by Crippen LogP contribution is 2.20. The molecule has 1 saturated heterocycles. The Labute approximate surface area is 128 Å². The summed E-state index contributed by atoms with van der Waals surface area (Å²) in [7, 11) is -3.72. The first-order valence-electron chi connectivity index (χ1n) is 6.65. The van der Waals surface area contributed by atoms with Crippen LogP contribution in [-0.4, -0.2) is 50.6 Å². The van der Waals surface area contributed by atoms with Crippen LogP contribution in [0, 0.1) is 0 Å². The Balaban J connectivity index is 2.04. The van der Waals surface area contributed by atoms with Crippen LogP contribution in [0.4, 0.5) is 0 Å². The molecule has 0 radical (unpaired) electrons. The first-order chi connectivity index (χ1) is 9.90. The van der Waals surface area contributed by atoms with Gasteiger partial charge in [0.1, 0.15) is 0 Å². The van der Waals surface area contributed by atoms with E-state index >= 15 is 0 Å². The molecule has 0 aliphatic carbocycles. The minimum absolute atomic E-state index is 0.0125. The van der Waals surface area contributed by atoms with Gasteiger partial charge in [0.2, 0.25) is 10.0 Å². The lowest BCUT2D eigenvalue weighted by molar-refractivity contribution is 0.0697. The quantitative estimate of drug-likeness (QED) is 0.822. The second-order valence-electron chi connectivity index (χ2n) is 4.89. The largest absolute Gasteiger partial charge is 0.478 e. The van der Waals surface area contributed by atoms with Gasteiger partial charge in [-0.25, -0.2) is 17.9 Å². The molecule has 0 amide bonds. The van der Waals surface area contributed by atoms with E-state index in [1.807, 2.05) is 0 Å². The van der Waals surface area contributed by atoms with Gasteiger partial charge in [-0.05, 0) is 44.1 Å². The number of likely N-dealkylation sites (tertiary alicyclic amines) is 1. The monoisotopic (exact) mass is 332 g/mol. The van der Waals surface area contributed by atoms with Crippen LogP contribution in [0.5, 0.6) is 0 Å². The molecule has 8 heteroatoms. The normalized spacial score (nSPS) is 16.2. The summed E-state index contributed by atoms with van der Waals surface area (Å²) in [6, 6.07) is 3.65. The number of benzene rings is 1. The zero-order valence-corrected chi connectivity index (χ0v) is 13.0. The number of hydrogen-bond acceptors (Lipinski definition) is 4. The van der Waals surface area contributed by atoms with Crippen LogP contribution < -0.4 is 4.72 Å². The average Bonchev–Trinajstić information content (AvgIpc) is 2.91. The lowest BCUT2D eigenvalue weighted by Crippen LogP contribution is -2.33. The molecule has 2 rings (SSSR count). The van der Waals surface area contributed by atoms with Crippen LogP contribution >= 0.6 is 11.6 Å². The van der Waals surface area contributed by atoms with Crippen molar-refractivity contribution in [1.82, 2.24) is 9.62 Å². The first-order valence-corrected chi connectivity index (χ1v) is 8.51. The third-order valence-electron chi connectivity index (χ3n) is 3.40. The molecule has 116 valence electrons. The minimum atomic E-state index is -3.72. The Morgan fingerprint density at radius 3 is 2.62 bits per heavy atom. The second kappa shape index (κ2) is 6.74. The molecule has 21 heavy (non-hydrogen) atoms. The van der Waals surface area contributed by atoms with Gasteiger partial charge in [0.25, 0.3) is 0 Å². The Kier molecular flexibility index (Phi) is 5.21. The molecule has 1 fully saturated rings. The molecule has 2 N–H and O–H groups in total. The summed E-state index contributed by atoms with van der Waals surface area (Å²) in [5.41, 5.74) is -0.223. The lowest BCUT2D eigenvalue weighted by atomic mass is 10.2. The maximum Gasteiger partial charge on any atom is 0.337 e. The van der Waals surface area contributed by atoms with Crippen LogP contribution in [0.25, 0.3) is 0 Å². The summed E-state index contributed by atoms with van der Waals surface area (Å²) >= 11 is 5.73. The molecule has 1 aromatic carbocycles. The molecular formula is C13H17ClN2O4S. The highest BCUT2D eigenvalue weighted by Gasteiger charge is 2.19. The molecule has 1 aliphatic rings. The van der Waals surface area contributed by atoms with Crippen molar-refractivity contribution in [3.63, 3.8) is 0 Å². The van der Waals surface area contributed by atoms with Gasteiger partial charge in [0, 0.05) is 13.1 Å². The van der Waals surface area contributed by atoms with Crippen molar-refractivity contribution in [2.75, 3.05) is 26.2 Å². The average molecular weight is 333 g/mol. The molecular weight excluding hydrogens is 316 g/mol. The van der Waals surface area contributed by atoms with Gasteiger partial charge in [-0.3, -0.25) is 0 Å². The third kappa shape index (κ3) is 4.16. The van der Waals surface area contributed by atoms with Gasteiger partial charge in [-0.2, -0.15) is 0 Å². The number of halogens is 1. The molecule has 0 bridgehead atoms. The van der Waals surface area contributed by atoms with E-state index in [-0.39, 0.29) is 15.5 Å². The molecule has 0 saturated carbocycles. The Morgan fingerprint density at radius 2 is 2.00 bits per heavy atom. The van der Waals surface area contributed by atoms with Crippen molar-refractivity contribution in [3.05, 3.63) is 28.8 Å². The van der Waals surface area contributed by atoms with Gasteiger partial charge in [-0.1, -0.05) is 11.6 Å². The zero-order chi connectivity index (χ0) is 15.5. The molecule has 0 atom stereocenters. The van der Waals surface area contributed by atoms with E-state index in [0.717, 1.165) is 32.0 Å². The van der Waals surface area contributed by atoms with Gasteiger partial charge < -0.3 is 10.0 Å². The fraction of sp³-hybridized carbons (Fsp3) is 0.462. The molecule has 6 nitrogen and oxygen atoms in total. The summed E-state index contributed by atoms with van der Waals surface area (Å²) in [6.45, 7) is 2.93. The highest BCUT2D eigenvalue weighted by molar-refractivity contribution is 7.89. The van der Waals surface area contributed by atoms with E-state index in [4.69, 9.17) is 16.7 Å². The maximum absolute atomic E-state index is 12.1. The zero-order valence-electron chi connectivity index (χ0n) is 11.4. The molecule has 0 aromatic heterocycles. The summed E-state index contributed by atoms with van der Waals surface area (Å²) in [5.74, 6) is -1.26. The van der Waals surface area contributed by atoms with Crippen LogP contribution in [0.3, 0.4) is 0 Å². The number of carbonyl (C=O) groups is 1. The minimum Gasteiger partial charge on any atom is -0.478 e. The van der Waals surface area contributed by atoms with Crippen molar-refractivity contribution >= 4 is 27.6 Å². The number of rotatable bonds is 6. The summed E-state index contributed by atoms with van der Waals surface area (Å²) < 4.78 is 26.7. The lowest BCUT2D eigenvalue weighted by Gasteiger charge is -2.15. The van der Waals surface area contributed by atoms with E-state index < -0.39 is 16.0 Å². The van der Waals surface area contributed by atoms with Crippen molar-refractivity contribution < 1.29 is 18.3 Å². The van der Waals surface area contributed by atoms with Gasteiger partial charge in [0.15, 0.2) is 0 Å². The van der Waals surface area contributed by atoms with Crippen LogP contribution in [0.1, 0.15) is 23.2 Å². The molecule has 1 heterocycles. The predicted octanol–water partition coefficient (Wildman–Crippen LogP) is 1.41. The van der Waals surface area contributed by atoms with Crippen molar-refractivity contribution in [2.24, 2.45) is 0 Å². The van der Waals surface area contributed by atoms with Crippen LogP contribution in [0.2, 0.25) is 5.02 Å². The topological polar surface area (TPSA) is 86.7 Å². The fourth-order valence-corrected chi connectivity index (χ4v) is 3.51. The Morgan fingerprint density at radius 1 is 1.33 bits per heavy atom. The van der Waals surface area contributed by atoms with E-state index in [9.17, 15) is 13.2 Å². The number of nitrogens with zero attached hydrogens (tertiary/aromatic N) is 1. The number of hydrogen-bond donors (Lipinski definition) is 2. The number of nitrogens with one attached hydrogen (secondary N) is 1. The van der Waals surface area contributed by atoms with Crippen molar-refractivity contribution in [3.8, 4) is 0 Å². The summed E-state index contributed by atoms with van der Waals surface area (Å²) in [4.78, 5) is 13.1. The van der Waals surface area contributed by atoms with Gasteiger partial charge in [-0.15, -0.1) is 0 Å². The van der Waals surface area contributed by atoms with Crippen LogP contribution in [0.15, 0.2) is 23.1 Å². The summed E-state index contributed by atoms with van der Waals surface area (Å²) in [6.07, 6.45) is 2.29. The number of carboxylic acid groups (broad SMARTS) is 1. The summed E-state index contributed by atoms with van der Waals surface area (Å²) in [5, 5.41) is 8.98. The number of carboxylic acids is 1. The highest BCUT2D eigenvalue weighted by atomic mass is 35.5. The Hall–Kier alpha value is -1.15. The molecule has 0 spiro atoms. The molecule has 1 aliphatic heterocycles. The van der Waals surface area contributed by atoms with Crippen LogP contribution in [-0.2, 0) is 10.0 Å². The number of sulfonamides is 1.